The SMILES string of the molecule is CCNC(=NCC1CCCN1C)NC(C)c1ccc(C)c(F)c1. The van der Waals surface area contributed by atoms with Crippen LogP contribution in [-0.2, 0) is 0 Å². The molecule has 0 aromatic heterocycles. The van der Waals surface area contributed by atoms with Gasteiger partial charge in [0, 0.05) is 12.6 Å². The van der Waals surface area contributed by atoms with E-state index in [0.717, 1.165) is 31.2 Å². The Bertz CT molecular complexity index is 544. The summed E-state index contributed by atoms with van der Waals surface area (Å²) in [5, 5.41) is 6.65. The number of benzene rings is 1. The van der Waals surface area contributed by atoms with Gasteiger partial charge in [-0.3, -0.25) is 4.99 Å². The summed E-state index contributed by atoms with van der Waals surface area (Å²) in [5.41, 5.74) is 1.60. The number of halogens is 1. The minimum absolute atomic E-state index is 0.00390. The van der Waals surface area contributed by atoms with Crippen LogP contribution in [-0.4, -0.2) is 43.6 Å². The van der Waals surface area contributed by atoms with Gasteiger partial charge in [0.1, 0.15) is 5.82 Å². The van der Waals surface area contributed by atoms with Crippen LogP contribution in [0.15, 0.2) is 23.2 Å². The van der Waals surface area contributed by atoms with Crippen molar-refractivity contribution < 1.29 is 4.39 Å². The number of nitrogens with one attached hydrogen (secondary N) is 2. The van der Waals surface area contributed by atoms with Crippen molar-refractivity contribution in [2.24, 2.45) is 4.99 Å². The number of likely N-dealkylation sites (N-methyl/N-ethyl adjacent to an activating group) is 1. The van der Waals surface area contributed by atoms with E-state index in [9.17, 15) is 4.39 Å². The predicted octanol–water partition coefficient (Wildman–Crippen LogP) is 2.84. The third-order valence-corrected chi connectivity index (χ3v) is 4.53. The van der Waals surface area contributed by atoms with Crippen LogP contribution >= 0.6 is 0 Å². The maximum absolute atomic E-state index is 13.7. The van der Waals surface area contributed by atoms with Gasteiger partial charge in [-0.25, -0.2) is 4.39 Å². The largest absolute Gasteiger partial charge is 0.357 e. The number of likely N-dealkylation sites (tertiary alicyclic amines) is 1. The average Bonchev–Trinajstić information content (AvgIpc) is 2.93. The first-order chi connectivity index (χ1) is 11.0. The molecule has 0 saturated carbocycles. The monoisotopic (exact) mass is 320 g/mol. The highest BCUT2D eigenvalue weighted by Gasteiger charge is 2.20. The number of aliphatic imine (C=N–C) groups is 1. The summed E-state index contributed by atoms with van der Waals surface area (Å²) in [6.45, 7) is 8.61. The van der Waals surface area contributed by atoms with Gasteiger partial charge in [-0.15, -0.1) is 0 Å². The van der Waals surface area contributed by atoms with Crippen molar-refractivity contribution in [3.63, 3.8) is 0 Å². The van der Waals surface area contributed by atoms with Gasteiger partial charge in [-0.05, 0) is 64.4 Å². The van der Waals surface area contributed by atoms with Gasteiger partial charge in [-0.2, -0.15) is 0 Å². The van der Waals surface area contributed by atoms with Crippen molar-refractivity contribution in [1.82, 2.24) is 15.5 Å². The van der Waals surface area contributed by atoms with Crippen LogP contribution < -0.4 is 10.6 Å². The van der Waals surface area contributed by atoms with Gasteiger partial charge in [0.2, 0.25) is 0 Å². The van der Waals surface area contributed by atoms with E-state index < -0.39 is 0 Å². The summed E-state index contributed by atoms with van der Waals surface area (Å²) in [4.78, 5) is 7.08. The highest BCUT2D eigenvalue weighted by atomic mass is 19.1. The molecule has 5 heteroatoms. The van der Waals surface area contributed by atoms with Crippen LogP contribution in [0.5, 0.6) is 0 Å². The second-order valence-corrected chi connectivity index (χ2v) is 6.37. The molecule has 2 unspecified atom stereocenters. The van der Waals surface area contributed by atoms with Crippen molar-refractivity contribution >= 4 is 5.96 Å². The number of hydrogen-bond acceptors (Lipinski definition) is 2. The van der Waals surface area contributed by atoms with Crippen molar-refractivity contribution in [3.05, 3.63) is 35.1 Å². The number of guanidine groups is 1. The molecule has 1 fully saturated rings. The third-order valence-electron chi connectivity index (χ3n) is 4.53. The predicted molar refractivity (Wildman–Crippen MR) is 94.3 cm³/mol. The smallest absolute Gasteiger partial charge is 0.191 e. The number of rotatable bonds is 5. The van der Waals surface area contributed by atoms with Crippen molar-refractivity contribution in [1.29, 1.82) is 0 Å². The number of hydrogen-bond donors (Lipinski definition) is 2. The summed E-state index contributed by atoms with van der Waals surface area (Å²) in [5.74, 6) is 0.631. The fourth-order valence-electron chi connectivity index (χ4n) is 2.89. The molecule has 0 amide bonds. The van der Waals surface area contributed by atoms with Crippen LogP contribution in [0.1, 0.15) is 43.9 Å². The number of aryl methyl sites for hydroxylation is 1. The first-order valence-corrected chi connectivity index (χ1v) is 8.52. The highest BCUT2D eigenvalue weighted by molar-refractivity contribution is 5.80. The first-order valence-electron chi connectivity index (χ1n) is 8.52. The van der Waals surface area contributed by atoms with Gasteiger partial charge in [0.15, 0.2) is 5.96 Å². The molecule has 1 aliphatic rings. The zero-order valence-corrected chi connectivity index (χ0v) is 14.7. The molecule has 0 spiro atoms. The summed E-state index contributed by atoms with van der Waals surface area (Å²) >= 11 is 0. The minimum atomic E-state index is -0.161. The van der Waals surface area contributed by atoms with Crippen molar-refractivity contribution in [2.45, 2.75) is 45.7 Å². The second-order valence-electron chi connectivity index (χ2n) is 6.37. The Balaban J connectivity index is 2.00. The molecule has 1 aromatic rings. The molecule has 0 aliphatic carbocycles. The van der Waals surface area contributed by atoms with E-state index in [0.29, 0.717) is 11.6 Å². The molecule has 2 rings (SSSR count). The maximum Gasteiger partial charge on any atom is 0.191 e. The Morgan fingerprint density at radius 2 is 2.26 bits per heavy atom. The standard InChI is InChI=1S/C18H29FN4/c1-5-20-18(21-12-16-7-6-10-23(16)4)22-14(3)15-9-8-13(2)17(19)11-15/h8-9,11,14,16H,5-7,10,12H2,1-4H3,(H2,20,21,22). The van der Waals surface area contributed by atoms with Crippen LogP contribution in [0.25, 0.3) is 0 Å². The molecule has 4 nitrogen and oxygen atoms in total. The van der Waals surface area contributed by atoms with Gasteiger partial charge >= 0.3 is 0 Å². The lowest BCUT2D eigenvalue weighted by molar-refractivity contribution is 0.317. The highest BCUT2D eigenvalue weighted by Crippen LogP contribution is 2.17. The lowest BCUT2D eigenvalue weighted by Gasteiger charge is -2.21. The topological polar surface area (TPSA) is 39.7 Å². The fourth-order valence-corrected chi connectivity index (χ4v) is 2.89. The van der Waals surface area contributed by atoms with Gasteiger partial charge in [0.05, 0.1) is 12.6 Å². The molecule has 128 valence electrons. The van der Waals surface area contributed by atoms with E-state index in [4.69, 9.17) is 4.99 Å². The second kappa shape index (κ2) is 8.29. The Hall–Kier alpha value is -1.62. The third kappa shape index (κ3) is 4.93. The van der Waals surface area contributed by atoms with E-state index in [1.165, 1.54) is 12.8 Å². The Morgan fingerprint density at radius 3 is 2.87 bits per heavy atom. The summed E-state index contributed by atoms with van der Waals surface area (Å²) in [6, 6.07) is 5.91. The van der Waals surface area contributed by atoms with E-state index in [1.807, 2.05) is 19.1 Å². The molecule has 23 heavy (non-hydrogen) atoms. The summed E-state index contributed by atoms with van der Waals surface area (Å²) in [7, 11) is 2.16. The first kappa shape index (κ1) is 17.7. The maximum atomic E-state index is 13.7. The van der Waals surface area contributed by atoms with Gasteiger partial charge < -0.3 is 15.5 Å². The molecule has 1 heterocycles. The van der Waals surface area contributed by atoms with E-state index in [1.54, 1.807) is 13.0 Å². The van der Waals surface area contributed by atoms with E-state index in [-0.39, 0.29) is 11.9 Å². The molecule has 2 atom stereocenters. The summed E-state index contributed by atoms with van der Waals surface area (Å²) in [6.07, 6.45) is 2.46. The Morgan fingerprint density at radius 1 is 1.48 bits per heavy atom. The average molecular weight is 320 g/mol. The molecular formula is C18H29FN4. The fraction of sp³-hybridized carbons (Fsp3) is 0.611. The zero-order chi connectivity index (χ0) is 16.8. The molecule has 1 aliphatic heterocycles. The van der Waals surface area contributed by atoms with Crippen molar-refractivity contribution in [2.75, 3.05) is 26.7 Å². The van der Waals surface area contributed by atoms with Crippen LogP contribution in [0.2, 0.25) is 0 Å². The molecule has 1 saturated heterocycles. The molecule has 1 aromatic carbocycles. The van der Waals surface area contributed by atoms with Crippen LogP contribution in [0, 0.1) is 12.7 Å². The Labute approximate surface area is 139 Å². The lowest BCUT2D eigenvalue weighted by atomic mass is 10.1. The quantitative estimate of drug-likeness (QED) is 0.647. The molecule has 0 radical (unpaired) electrons. The van der Waals surface area contributed by atoms with Gasteiger partial charge in [-0.1, -0.05) is 12.1 Å². The zero-order valence-electron chi connectivity index (χ0n) is 14.7. The van der Waals surface area contributed by atoms with Gasteiger partial charge in [0.25, 0.3) is 0 Å². The summed E-state index contributed by atoms with van der Waals surface area (Å²) < 4.78 is 13.7. The van der Waals surface area contributed by atoms with E-state index in [2.05, 4.69) is 29.5 Å². The van der Waals surface area contributed by atoms with Crippen molar-refractivity contribution in [3.8, 4) is 0 Å². The minimum Gasteiger partial charge on any atom is -0.357 e. The molecule has 2 N–H and O–H groups in total. The Kier molecular flexibility index (Phi) is 6.39. The van der Waals surface area contributed by atoms with E-state index >= 15 is 0 Å². The lowest BCUT2D eigenvalue weighted by Crippen LogP contribution is -2.40. The normalized spacial score (nSPS) is 20.6. The van der Waals surface area contributed by atoms with Crippen LogP contribution in [0.4, 0.5) is 4.39 Å². The number of nitrogens with zero attached hydrogens (tertiary/aromatic N) is 2. The molecular weight excluding hydrogens is 291 g/mol. The van der Waals surface area contributed by atoms with Crippen LogP contribution in [0.3, 0.4) is 0 Å². The molecule has 0 bridgehead atoms.